The van der Waals surface area contributed by atoms with E-state index in [0.717, 1.165) is 24.6 Å². The van der Waals surface area contributed by atoms with Crippen LogP contribution in [0.1, 0.15) is 32.1 Å². The molecule has 3 nitrogen and oxygen atoms in total. The molecule has 2 fully saturated rings. The number of hydrogen-bond donors (Lipinski definition) is 1. The SMILES string of the molecule is O=S(=O)(NCC1(CCBr)CC1)C1CC1. The first kappa shape index (κ1) is 10.9. The third kappa shape index (κ3) is 2.49. The summed E-state index contributed by atoms with van der Waals surface area (Å²) in [6.07, 6.45) is 5.12. The summed E-state index contributed by atoms with van der Waals surface area (Å²) in [6, 6.07) is 0. The Balaban J connectivity index is 1.82. The standard InChI is InChI=1S/C9H16BrNO2S/c10-6-5-9(3-4-9)7-11-14(12,13)8-1-2-8/h8,11H,1-7H2. The fourth-order valence-electron chi connectivity index (χ4n) is 1.64. The Morgan fingerprint density at radius 2 is 2.00 bits per heavy atom. The Labute approximate surface area is 93.8 Å². The van der Waals surface area contributed by atoms with Gasteiger partial charge in [-0.15, -0.1) is 0 Å². The van der Waals surface area contributed by atoms with Crippen LogP contribution in [0.4, 0.5) is 0 Å². The van der Waals surface area contributed by atoms with Crippen molar-refractivity contribution in [2.24, 2.45) is 5.41 Å². The van der Waals surface area contributed by atoms with Crippen molar-refractivity contribution in [2.75, 3.05) is 11.9 Å². The maximum atomic E-state index is 11.5. The lowest BCUT2D eigenvalue weighted by atomic mass is 10.1. The molecule has 0 saturated heterocycles. The van der Waals surface area contributed by atoms with Gasteiger partial charge in [0.25, 0.3) is 0 Å². The van der Waals surface area contributed by atoms with E-state index in [2.05, 4.69) is 20.7 Å². The van der Waals surface area contributed by atoms with Crippen LogP contribution in [0.5, 0.6) is 0 Å². The maximum absolute atomic E-state index is 11.5. The minimum absolute atomic E-state index is 0.0812. The van der Waals surface area contributed by atoms with E-state index < -0.39 is 10.0 Å². The molecule has 0 radical (unpaired) electrons. The van der Waals surface area contributed by atoms with Crippen LogP contribution in [-0.4, -0.2) is 25.5 Å². The number of nitrogens with one attached hydrogen (secondary N) is 1. The van der Waals surface area contributed by atoms with Gasteiger partial charge in [-0.25, -0.2) is 13.1 Å². The van der Waals surface area contributed by atoms with Crippen molar-refractivity contribution in [1.29, 1.82) is 0 Å². The zero-order valence-electron chi connectivity index (χ0n) is 8.13. The molecule has 82 valence electrons. The summed E-state index contributed by atoms with van der Waals surface area (Å²) in [6.45, 7) is 0.650. The third-order valence-electron chi connectivity index (χ3n) is 3.19. The molecule has 0 amide bonds. The fourth-order valence-corrected chi connectivity index (χ4v) is 3.98. The van der Waals surface area contributed by atoms with E-state index in [1.165, 1.54) is 12.8 Å². The molecule has 2 aliphatic rings. The van der Waals surface area contributed by atoms with Crippen LogP contribution >= 0.6 is 15.9 Å². The molecule has 0 unspecified atom stereocenters. The lowest BCUT2D eigenvalue weighted by Crippen LogP contribution is -2.32. The van der Waals surface area contributed by atoms with Crippen molar-refractivity contribution in [2.45, 2.75) is 37.4 Å². The highest BCUT2D eigenvalue weighted by molar-refractivity contribution is 9.09. The van der Waals surface area contributed by atoms with Gasteiger partial charge in [0.15, 0.2) is 0 Å². The molecule has 0 atom stereocenters. The van der Waals surface area contributed by atoms with E-state index in [9.17, 15) is 8.42 Å². The van der Waals surface area contributed by atoms with E-state index >= 15 is 0 Å². The molecular formula is C9H16BrNO2S. The van der Waals surface area contributed by atoms with E-state index in [1.807, 2.05) is 0 Å². The van der Waals surface area contributed by atoms with Crippen LogP contribution in [0.2, 0.25) is 0 Å². The Hall–Kier alpha value is 0.390. The second kappa shape index (κ2) is 3.76. The molecule has 2 saturated carbocycles. The first-order chi connectivity index (χ1) is 6.58. The average Bonchev–Trinajstić information content (AvgIpc) is 2.98. The normalized spacial score (nSPS) is 24.9. The van der Waals surface area contributed by atoms with Crippen molar-refractivity contribution >= 4 is 26.0 Å². The van der Waals surface area contributed by atoms with E-state index in [1.54, 1.807) is 0 Å². The van der Waals surface area contributed by atoms with Gasteiger partial charge in [-0.05, 0) is 37.5 Å². The van der Waals surface area contributed by atoms with Gasteiger partial charge in [0.05, 0.1) is 5.25 Å². The van der Waals surface area contributed by atoms with Crippen molar-refractivity contribution < 1.29 is 8.42 Å². The fraction of sp³-hybridized carbons (Fsp3) is 1.00. The predicted molar refractivity (Wildman–Crippen MR) is 60.0 cm³/mol. The first-order valence-electron chi connectivity index (χ1n) is 5.12. The van der Waals surface area contributed by atoms with E-state index in [4.69, 9.17) is 0 Å². The van der Waals surface area contributed by atoms with Gasteiger partial charge in [-0.3, -0.25) is 0 Å². The maximum Gasteiger partial charge on any atom is 0.214 e. The predicted octanol–water partition coefficient (Wildman–Crippen LogP) is 1.63. The topological polar surface area (TPSA) is 46.2 Å². The van der Waals surface area contributed by atoms with Gasteiger partial charge in [0.2, 0.25) is 10.0 Å². The van der Waals surface area contributed by atoms with Crippen molar-refractivity contribution in [3.05, 3.63) is 0 Å². The molecule has 2 rings (SSSR count). The summed E-state index contributed by atoms with van der Waals surface area (Å²) in [4.78, 5) is 0. The summed E-state index contributed by atoms with van der Waals surface area (Å²) < 4.78 is 25.9. The Morgan fingerprint density at radius 1 is 1.36 bits per heavy atom. The molecule has 0 aromatic carbocycles. The van der Waals surface area contributed by atoms with Gasteiger partial charge in [0.1, 0.15) is 0 Å². The van der Waals surface area contributed by atoms with Crippen LogP contribution in [-0.2, 0) is 10.0 Å². The number of halogens is 1. The summed E-state index contributed by atoms with van der Waals surface area (Å²) in [5.74, 6) is 0. The highest BCUT2D eigenvalue weighted by Crippen LogP contribution is 2.48. The van der Waals surface area contributed by atoms with Crippen LogP contribution < -0.4 is 4.72 Å². The molecule has 1 N–H and O–H groups in total. The molecule has 0 spiro atoms. The van der Waals surface area contributed by atoms with Crippen molar-refractivity contribution in [3.8, 4) is 0 Å². The van der Waals surface area contributed by atoms with E-state index in [0.29, 0.717) is 6.54 Å². The Kier molecular flexibility index (Phi) is 2.92. The molecule has 0 aromatic heterocycles. The Bertz CT molecular complexity index is 307. The quantitative estimate of drug-likeness (QED) is 0.753. The molecule has 2 aliphatic carbocycles. The van der Waals surface area contributed by atoms with Crippen LogP contribution in [0.25, 0.3) is 0 Å². The Morgan fingerprint density at radius 3 is 2.43 bits per heavy atom. The highest BCUT2D eigenvalue weighted by Gasteiger charge is 2.44. The molecule has 0 aromatic rings. The number of rotatable bonds is 6. The van der Waals surface area contributed by atoms with Crippen molar-refractivity contribution in [3.63, 3.8) is 0 Å². The summed E-state index contributed by atoms with van der Waals surface area (Å²) in [5.41, 5.74) is 0.283. The second-order valence-electron chi connectivity index (χ2n) is 4.50. The highest BCUT2D eigenvalue weighted by atomic mass is 79.9. The number of sulfonamides is 1. The minimum Gasteiger partial charge on any atom is -0.214 e. The number of hydrogen-bond acceptors (Lipinski definition) is 2. The smallest absolute Gasteiger partial charge is 0.214 e. The summed E-state index contributed by atoms with van der Waals surface area (Å²) >= 11 is 3.41. The second-order valence-corrected chi connectivity index (χ2v) is 7.34. The zero-order valence-corrected chi connectivity index (χ0v) is 10.5. The van der Waals surface area contributed by atoms with Gasteiger partial charge in [-0.1, -0.05) is 15.9 Å². The van der Waals surface area contributed by atoms with Gasteiger partial charge < -0.3 is 0 Å². The summed E-state index contributed by atoms with van der Waals surface area (Å²) in [7, 11) is -2.96. The van der Waals surface area contributed by atoms with Crippen LogP contribution in [0.3, 0.4) is 0 Å². The lowest BCUT2D eigenvalue weighted by Gasteiger charge is -2.14. The van der Waals surface area contributed by atoms with Crippen LogP contribution in [0, 0.1) is 5.41 Å². The monoisotopic (exact) mass is 281 g/mol. The van der Waals surface area contributed by atoms with Crippen molar-refractivity contribution in [1.82, 2.24) is 4.72 Å². The van der Waals surface area contributed by atoms with Gasteiger partial charge in [-0.2, -0.15) is 0 Å². The molecular weight excluding hydrogens is 266 g/mol. The van der Waals surface area contributed by atoms with E-state index in [-0.39, 0.29) is 10.7 Å². The average molecular weight is 282 g/mol. The molecule has 5 heteroatoms. The lowest BCUT2D eigenvalue weighted by molar-refractivity contribution is 0.480. The molecule has 0 heterocycles. The molecule has 0 aliphatic heterocycles. The largest absolute Gasteiger partial charge is 0.214 e. The molecule has 14 heavy (non-hydrogen) atoms. The van der Waals surface area contributed by atoms with Crippen LogP contribution in [0.15, 0.2) is 0 Å². The molecule has 0 bridgehead atoms. The minimum atomic E-state index is -2.96. The zero-order chi connectivity index (χ0) is 10.2. The number of alkyl halides is 1. The third-order valence-corrected chi connectivity index (χ3v) is 5.49. The van der Waals surface area contributed by atoms with Gasteiger partial charge in [0, 0.05) is 11.9 Å². The first-order valence-corrected chi connectivity index (χ1v) is 7.79. The van der Waals surface area contributed by atoms with Gasteiger partial charge >= 0.3 is 0 Å². The summed E-state index contributed by atoms with van der Waals surface area (Å²) in [5, 5.41) is 0.889.